The second kappa shape index (κ2) is 8.23. The van der Waals surface area contributed by atoms with Crippen LogP contribution >= 0.6 is 0 Å². The van der Waals surface area contributed by atoms with Gasteiger partial charge in [-0.25, -0.2) is 4.68 Å². The van der Waals surface area contributed by atoms with Crippen molar-refractivity contribution in [3.8, 4) is 11.4 Å². The first kappa shape index (κ1) is 20.8. The second-order valence-electron chi connectivity index (χ2n) is 7.94. The Morgan fingerprint density at radius 3 is 2.69 bits per heavy atom. The highest BCUT2D eigenvalue weighted by molar-refractivity contribution is 5.93. The van der Waals surface area contributed by atoms with Crippen LogP contribution in [0.25, 0.3) is 5.69 Å². The van der Waals surface area contributed by atoms with E-state index in [0.29, 0.717) is 30.2 Å². The predicted molar refractivity (Wildman–Crippen MR) is 107 cm³/mol. The molecule has 29 heavy (non-hydrogen) atoms. The van der Waals surface area contributed by atoms with E-state index >= 15 is 0 Å². The highest BCUT2D eigenvalue weighted by atomic mass is 16.5. The Morgan fingerprint density at radius 1 is 1.24 bits per heavy atom. The maximum Gasteiger partial charge on any atom is 0.311 e. The third kappa shape index (κ3) is 3.97. The lowest BCUT2D eigenvalue weighted by Crippen LogP contribution is -2.47. The maximum absolute atomic E-state index is 13.2. The summed E-state index contributed by atoms with van der Waals surface area (Å²) in [5.74, 6) is 0.314. The summed E-state index contributed by atoms with van der Waals surface area (Å²) < 4.78 is 11.9. The fourth-order valence-corrected chi connectivity index (χ4v) is 3.84. The normalized spacial score (nSPS) is 17.1. The minimum atomic E-state index is -0.652. The van der Waals surface area contributed by atoms with E-state index in [0.717, 1.165) is 18.5 Å². The quantitative estimate of drug-likeness (QED) is 0.717. The summed E-state index contributed by atoms with van der Waals surface area (Å²) in [6, 6.07) is 7.43. The zero-order chi connectivity index (χ0) is 21.2. The van der Waals surface area contributed by atoms with Crippen LogP contribution in [-0.4, -0.2) is 59.1 Å². The number of ether oxygens (including phenoxy) is 2. The van der Waals surface area contributed by atoms with E-state index in [1.165, 1.54) is 7.11 Å². The molecule has 0 spiro atoms. The summed E-state index contributed by atoms with van der Waals surface area (Å²) in [6.45, 7) is 6.71. The zero-order valence-electron chi connectivity index (χ0n) is 17.6. The second-order valence-corrected chi connectivity index (χ2v) is 7.94. The zero-order valence-corrected chi connectivity index (χ0v) is 17.6. The maximum atomic E-state index is 13.2. The molecule has 0 saturated carbocycles. The SMILES string of the molecule is COC(=O)C(C)(C)[C@@H]1CCCN(C(=O)c2nnn(-c3cccc(OC)c3)c2C)C1. The lowest BCUT2D eigenvalue weighted by Gasteiger charge is -2.39. The highest BCUT2D eigenvalue weighted by Crippen LogP contribution is 2.35. The van der Waals surface area contributed by atoms with Crippen molar-refractivity contribution in [2.45, 2.75) is 33.6 Å². The number of esters is 1. The van der Waals surface area contributed by atoms with Gasteiger partial charge in [-0.15, -0.1) is 5.10 Å². The Bertz CT molecular complexity index is 906. The number of methoxy groups -OCH3 is 2. The number of piperidine rings is 1. The number of hydrogen-bond donors (Lipinski definition) is 0. The van der Waals surface area contributed by atoms with Crippen molar-refractivity contribution in [2.24, 2.45) is 11.3 Å². The van der Waals surface area contributed by atoms with Crippen LogP contribution in [0.5, 0.6) is 5.75 Å². The molecule has 1 aromatic carbocycles. The van der Waals surface area contributed by atoms with Gasteiger partial charge in [0.1, 0.15) is 5.75 Å². The summed E-state index contributed by atoms with van der Waals surface area (Å²) in [5, 5.41) is 8.33. The van der Waals surface area contributed by atoms with Crippen LogP contribution in [0.3, 0.4) is 0 Å². The topological polar surface area (TPSA) is 86.5 Å². The van der Waals surface area contributed by atoms with Gasteiger partial charge in [0, 0.05) is 19.2 Å². The van der Waals surface area contributed by atoms with Gasteiger partial charge in [-0.05, 0) is 51.7 Å². The third-order valence-corrected chi connectivity index (χ3v) is 5.84. The summed E-state index contributed by atoms with van der Waals surface area (Å²) in [7, 11) is 3.00. The lowest BCUT2D eigenvalue weighted by atomic mass is 9.74. The van der Waals surface area contributed by atoms with E-state index in [1.54, 1.807) is 16.7 Å². The van der Waals surface area contributed by atoms with Crippen molar-refractivity contribution in [3.63, 3.8) is 0 Å². The molecular weight excluding hydrogens is 372 g/mol. The number of aromatic nitrogens is 3. The Hall–Kier alpha value is -2.90. The van der Waals surface area contributed by atoms with Crippen molar-refractivity contribution in [1.82, 2.24) is 19.9 Å². The van der Waals surface area contributed by atoms with Crippen molar-refractivity contribution >= 4 is 11.9 Å². The first-order valence-corrected chi connectivity index (χ1v) is 9.74. The largest absolute Gasteiger partial charge is 0.497 e. The van der Waals surface area contributed by atoms with Gasteiger partial charge in [0.05, 0.1) is 31.0 Å². The summed E-state index contributed by atoms with van der Waals surface area (Å²) in [4.78, 5) is 27.1. The number of nitrogens with zero attached hydrogens (tertiary/aromatic N) is 4. The number of carbonyl (C=O) groups is 2. The Kier molecular flexibility index (Phi) is 5.91. The fourth-order valence-electron chi connectivity index (χ4n) is 3.84. The Balaban J connectivity index is 1.82. The van der Waals surface area contributed by atoms with E-state index in [2.05, 4.69) is 10.3 Å². The van der Waals surface area contributed by atoms with Crippen LogP contribution in [0, 0.1) is 18.3 Å². The molecule has 0 aliphatic carbocycles. The number of amides is 1. The molecule has 156 valence electrons. The summed E-state index contributed by atoms with van der Waals surface area (Å²) in [5.41, 5.74) is 1.11. The van der Waals surface area contributed by atoms with Gasteiger partial charge in [-0.2, -0.15) is 0 Å². The summed E-state index contributed by atoms with van der Waals surface area (Å²) in [6.07, 6.45) is 1.71. The molecule has 1 aliphatic rings. The van der Waals surface area contributed by atoms with Gasteiger partial charge < -0.3 is 14.4 Å². The van der Waals surface area contributed by atoms with E-state index in [9.17, 15) is 9.59 Å². The van der Waals surface area contributed by atoms with Crippen molar-refractivity contribution in [2.75, 3.05) is 27.3 Å². The molecule has 8 heteroatoms. The Morgan fingerprint density at radius 2 is 2.00 bits per heavy atom. The first-order valence-electron chi connectivity index (χ1n) is 9.74. The highest BCUT2D eigenvalue weighted by Gasteiger charge is 2.41. The molecule has 1 aliphatic heterocycles. The number of likely N-dealkylation sites (tertiary alicyclic amines) is 1. The molecule has 2 aromatic rings. The van der Waals surface area contributed by atoms with Gasteiger partial charge in [-0.3, -0.25) is 9.59 Å². The fraction of sp³-hybridized carbons (Fsp3) is 0.524. The van der Waals surface area contributed by atoms with Crippen LogP contribution in [0.4, 0.5) is 0 Å². The van der Waals surface area contributed by atoms with Crippen molar-refractivity contribution < 1.29 is 19.1 Å². The molecular formula is C21H28N4O4. The third-order valence-electron chi connectivity index (χ3n) is 5.84. The molecule has 2 heterocycles. The first-order chi connectivity index (χ1) is 13.8. The minimum absolute atomic E-state index is 0.0291. The standard InChI is InChI=1S/C21H28N4O4/c1-14-18(22-23-25(14)16-9-6-10-17(12-16)28-4)19(26)24-11-7-8-15(13-24)21(2,3)20(27)29-5/h6,9-10,12,15H,7-8,11,13H2,1-5H3/t15-/m1/s1. The van der Waals surface area contributed by atoms with E-state index in [1.807, 2.05) is 45.0 Å². The van der Waals surface area contributed by atoms with E-state index in [-0.39, 0.29) is 17.8 Å². The molecule has 1 saturated heterocycles. The summed E-state index contributed by atoms with van der Waals surface area (Å²) >= 11 is 0. The van der Waals surface area contributed by atoms with Crippen molar-refractivity contribution in [3.05, 3.63) is 35.7 Å². The predicted octanol–water partition coefficient (Wildman–Crippen LogP) is 2.64. The lowest BCUT2D eigenvalue weighted by molar-refractivity contribution is -0.155. The number of hydrogen-bond acceptors (Lipinski definition) is 6. The van der Waals surface area contributed by atoms with E-state index < -0.39 is 5.41 Å². The van der Waals surface area contributed by atoms with Crippen LogP contribution in [0.15, 0.2) is 24.3 Å². The van der Waals surface area contributed by atoms with Gasteiger partial charge >= 0.3 is 5.97 Å². The average molecular weight is 400 g/mol. The van der Waals surface area contributed by atoms with Gasteiger partial charge in [0.25, 0.3) is 5.91 Å². The molecule has 0 radical (unpaired) electrons. The smallest absolute Gasteiger partial charge is 0.311 e. The molecule has 0 N–H and O–H groups in total. The molecule has 1 fully saturated rings. The minimum Gasteiger partial charge on any atom is -0.497 e. The monoisotopic (exact) mass is 400 g/mol. The molecule has 3 rings (SSSR count). The van der Waals surface area contributed by atoms with Crippen molar-refractivity contribution in [1.29, 1.82) is 0 Å². The molecule has 8 nitrogen and oxygen atoms in total. The van der Waals surface area contributed by atoms with Gasteiger partial charge in [-0.1, -0.05) is 11.3 Å². The van der Waals surface area contributed by atoms with Crippen LogP contribution < -0.4 is 4.74 Å². The van der Waals surface area contributed by atoms with Gasteiger partial charge in [0.15, 0.2) is 5.69 Å². The molecule has 0 bridgehead atoms. The van der Waals surface area contributed by atoms with Crippen LogP contribution in [0.2, 0.25) is 0 Å². The number of carbonyl (C=O) groups excluding carboxylic acids is 2. The Labute approximate surface area is 170 Å². The van der Waals surface area contributed by atoms with Crippen LogP contribution in [0.1, 0.15) is 42.9 Å². The number of rotatable bonds is 5. The molecule has 1 atom stereocenters. The van der Waals surface area contributed by atoms with Crippen LogP contribution in [-0.2, 0) is 9.53 Å². The number of benzene rings is 1. The average Bonchev–Trinajstić information content (AvgIpc) is 3.13. The molecule has 0 unspecified atom stereocenters. The molecule has 1 amide bonds. The van der Waals surface area contributed by atoms with Gasteiger partial charge in [0.2, 0.25) is 0 Å². The molecule has 1 aromatic heterocycles. The van der Waals surface area contributed by atoms with E-state index in [4.69, 9.17) is 9.47 Å².